The van der Waals surface area contributed by atoms with Crippen LogP contribution in [0.25, 0.3) is 10.7 Å². The number of hydrogen-bond acceptors (Lipinski definition) is 4. The fraction of sp³-hybridized carbons (Fsp3) is 0.583. The van der Waals surface area contributed by atoms with Crippen molar-refractivity contribution < 1.29 is 0 Å². The van der Waals surface area contributed by atoms with Crippen LogP contribution in [0.5, 0.6) is 0 Å². The van der Waals surface area contributed by atoms with E-state index >= 15 is 0 Å². The minimum absolute atomic E-state index is 0.466. The molecule has 0 saturated heterocycles. The van der Waals surface area contributed by atoms with Crippen molar-refractivity contribution in [3.63, 3.8) is 0 Å². The summed E-state index contributed by atoms with van der Waals surface area (Å²) < 4.78 is 2.59. The Hall–Kier alpha value is -1.01. The monoisotopic (exact) mass is 280 g/mol. The second-order valence-electron chi connectivity index (χ2n) is 5.11. The molecule has 0 spiro atoms. The Morgan fingerprint density at radius 2 is 2.17 bits per heavy atom. The van der Waals surface area contributed by atoms with Crippen molar-refractivity contribution in [1.29, 1.82) is 0 Å². The van der Waals surface area contributed by atoms with Gasteiger partial charge in [0.05, 0.1) is 15.6 Å². The SMILES string of the molecule is CC(C)c1nc(C2CC2)c(-c2n[nH]c(=S)n2C)s1. The average molecular weight is 280 g/mol. The maximum Gasteiger partial charge on any atom is 0.195 e. The predicted octanol–water partition coefficient (Wildman–Crippen LogP) is 3.60. The van der Waals surface area contributed by atoms with E-state index in [2.05, 4.69) is 24.0 Å². The quantitative estimate of drug-likeness (QED) is 0.874. The highest BCUT2D eigenvalue weighted by Gasteiger charge is 2.31. The molecule has 1 fully saturated rings. The highest BCUT2D eigenvalue weighted by molar-refractivity contribution is 7.71. The van der Waals surface area contributed by atoms with Gasteiger partial charge >= 0.3 is 0 Å². The van der Waals surface area contributed by atoms with E-state index in [-0.39, 0.29) is 0 Å². The Morgan fingerprint density at radius 3 is 2.67 bits per heavy atom. The van der Waals surface area contributed by atoms with Crippen molar-refractivity contribution in [1.82, 2.24) is 19.7 Å². The van der Waals surface area contributed by atoms with Crippen molar-refractivity contribution in [2.75, 3.05) is 0 Å². The molecule has 2 heterocycles. The summed E-state index contributed by atoms with van der Waals surface area (Å²) in [7, 11) is 1.95. The third kappa shape index (κ3) is 1.93. The first-order valence-corrected chi connectivity index (χ1v) is 7.42. The van der Waals surface area contributed by atoms with Crippen molar-refractivity contribution >= 4 is 23.6 Å². The number of H-pyrrole nitrogens is 1. The summed E-state index contributed by atoms with van der Waals surface area (Å²) in [4.78, 5) is 6.01. The van der Waals surface area contributed by atoms with E-state index in [4.69, 9.17) is 17.2 Å². The summed E-state index contributed by atoms with van der Waals surface area (Å²) >= 11 is 6.94. The molecule has 96 valence electrons. The molecule has 18 heavy (non-hydrogen) atoms. The largest absolute Gasteiger partial charge is 0.303 e. The standard InChI is InChI=1S/C12H16N4S2/c1-6(2)11-13-8(7-4-5-7)9(18-11)10-14-15-12(17)16(10)3/h6-7H,4-5H2,1-3H3,(H,15,17). The minimum Gasteiger partial charge on any atom is -0.303 e. The molecule has 0 amide bonds. The van der Waals surface area contributed by atoms with Crippen LogP contribution in [-0.4, -0.2) is 19.7 Å². The van der Waals surface area contributed by atoms with Crippen LogP contribution < -0.4 is 0 Å². The van der Waals surface area contributed by atoms with Crippen molar-refractivity contribution in [2.45, 2.75) is 38.5 Å². The fourth-order valence-corrected chi connectivity index (χ4v) is 3.25. The molecule has 0 bridgehead atoms. The van der Waals surface area contributed by atoms with Gasteiger partial charge in [0, 0.05) is 18.9 Å². The van der Waals surface area contributed by atoms with Gasteiger partial charge in [-0.25, -0.2) is 4.98 Å². The number of aromatic amines is 1. The van der Waals surface area contributed by atoms with Crippen molar-refractivity contribution in [2.24, 2.45) is 7.05 Å². The lowest BCUT2D eigenvalue weighted by Crippen LogP contribution is -1.93. The van der Waals surface area contributed by atoms with Gasteiger partial charge in [-0.15, -0.1) is 11.3 Å². The topological polar surface area (TPSA) is 46.5 Å². The first-order valence-electron chi connectivity index (χ1n) is 6.20. The average Bonchev–Trinajstić information content (AvgIpc) is 3.00. The smallest absolute Gasteiger partial charge is 0.195 e. The molecule has 2 aromatic heterocycles. The third-order valence-corrected chi connectivity index (χ3v) is 4.94. The molecule has 6 heteroatoms. The fourth-order valence-electron chi connectivity index (χ4n) is 1.94. The summed E-state index contributed by atoms with van der Waals surface area (Å²) in [5, 5.41) is 8.40. The highest BCUT2D eigenvalue weighted by atomic mass is 32.1. The molecule has 1 N–H and O–H groups in total. The van der Waals surface area contributed by atoms with Crippen LogP contribution in [0, 0.1) is 4.77 Å². The van der Waals surface area contributed by atoms with Gasteiger partial charge in [0.25, 0.3) is 0 Å². The lowest BCUT2D eigenvalue weighted by molar-refractivity contribution is 0.838. The van der Waals surface area contributed by atoms with E-state index in [1.165, 1.54) is 28.4 Å². The van der Waals surface area contributed by atoms with Crippen LogP contribution in [0.15, 0.2) is 0 Å². The zero-order chi connectivity index (χ0) is 12.9. The number of nitrogens with one attached hydrogen (secondary N) is 1. The molecular formula is C12H16N4S2. The molecule has 4 nitrogen and oxygen atoms in total. The number of thiazole rings is 1. The Labute approximate surface area is 115 Å². The Kier molecular flexibility index (Phi) is 2.86. The molecule has 0 aliphatic heterocycles. The molecule has 0 atom stereocenters. The molecule has 0 radical (unpaired) electrons. The van der Waals surface area contributed by atoms with Gasteiger partial charge in [-0.2, -0.15) is 5.10 Å². The van der Waals surface area contributed by atoms with E-state index in [0.717, 1.165) is 5.82 Å². The molecule has 1 aliphatic carbocycles. The zero-order valence-electron chi connectivity index (χ0n) is 10.7. The molecule has 3 rings (SSSR count). The minimum atomic E-state index is 0.466. The Bertz CT molecular complexity index is 631. The van der Waals surface area contributed by atoms with Crippen molar-refractivity contribution in [3.05, 3.63) is 15.5 Å². The summed E-state index contributed by atoms with van der Waals surface area (Å²) in [5.41, 5.74) is 1.22. The van der Waals surface area contributed by atoms with E-state index in [1.807, 2.05) is 11.6 Å². The van der Waals surface area contributed by atoms with Gasteiger partial charge in [-0.1, -0.05) is 13.8 Å². The Balaban J connectivity index is 2.15. The Morgan fingerprint density at radius 1 is 1.44 bits per heavy atom. The first-order chi connectivity index (χ1) is 8.58. The number of hydrogen-bond donors (Lipinski definition) is 1. The normalized spacial score (nSPS) is 15.6. The number of aromatic nitrogens is 4. The number of rotatable bonds is 3. The van der Waals surface area contributed by atoms with Crippen LogP contribution in [0.4, 0.5) is 0 Å². The van der Waals surface area contributed by atoms with E-state index in [1.54, 1.807) is 11.3 Å². The van der Waals surface area contributed by atoms with Crippen LogP contribution in [0.1, 0.15) is 49.2 Å². The van der Waals surface area contributed by atoms with Gasteiger partial charge in [0.15, 0.2) is 10.6 Å². The lowest BCUT2D eigenvalue weighted by Gasteiger charge is -1.99. The zero-order valence-corrected chi connectivity index (χ0v) is 12.4. The van der Waals surface area contributed by atoms with Gasteiger partial charge in [-0.3, -0.25) is 5.10 Å². The van der Waals surface area contributed by atoms with Gasteiger partial charge in [0.2, 0.25) is 0 Å². The third-order valence-electron chi connectivity index (χ3n) is 3.21. The molecule has 1 saturated carbocycles. The predicted molar refractivity (Wildman–Crippen MR) is 75.6 cm³/mol. The molecule has 1 aliphatic rings. The second kappa shape index (κ2) is 4.28. The van der Waals surface area contributed by atoms with Gasteiger partial charge in [-0.05, 0) is 25.1 Å². The first kappa shape index (κ1) is 12.0. The molecular weight excluding hydrogens is 264 g/mol. The van der Waals surface area contributed by atoms with E-state index in [9.17, 15) is 0 Å². The van der Waals surface area contributed by atoms with Crippen LogP contribution in [-0.2, 0) is 7.05 Å². The highest BCUT2D eigenvalue weighted by Crippen LogP contribution is 2.46. The van der Waals surface area contributed by atoms with Gasteiger partial charge < -0.3 is 4.57 Å². The second-order valence-corrected chi connectivity index (χ2v) is 6.52. The van der Waals surface area contributed by atoms with Crippen LogP contribution in [0.2, 0.25) is 0 Å². The van der Waals surface area contributed by atoms with Crippen LogP contribution >= 0.6 is 23.6 Å². The maximum atomic E-state index is 5.19. The van der Waals surface area contributed by atoms with Crippen molar-refractivity contribution in [3.8, 4) is 10.7 Å². The van der Waals surface area contributed by atoms with E-state index in [0.29, 0.717) is 16.6 Å². The summed E-state index contributed by atoms with van der Waals surface area (Å²) in [6, 6.07) is 0. The summed E-state index contributed by atoms with van der Waals surface area (Å²) in [6.07, 6.45) is 2.51. The number of nitrogens with zero attached hydrogens (tertiary/aromatic N) is 3. The van der Waals surface area contributed by atoms with Crippen LogP contribution in [0.3, 0.4) is 0 Å². The molecule has 0 aromatic carbocycles. The lowest BCUT2D eigenvalue weighted by atomic mass is 10.2. The maximum absolute atomic E-state index is 5.19. The van der Waals surface area contributed by atoms with E-state index < -0.39 is 0 Å². The summed E-state index contributed by atoms with van der Waals surface area (Å²) in [5.74, 6) is 2.02. The molecule has 2 aromatic rings. The summed E-state index contributed by atoms with van der Waals surface area (Å²) in [6.45, 7) is 4.37. The van der Waals surface area contributed by atoms with Gasteiger partial charge in [0.1, 0.15) is 0 Å². The molecule has 0 unspecified atom stereocenters.